The van der Waals surface area contributed by atoms with Crippen LogP contribution in [-0.4, -0.2) is 38.0 Å². The van der Waals surface area contributed by atoms with E-state index in [0.29, 0.717) is 25.7 Å². The summed E-state index contributed by atoms with van der Waals surface area (Å²) in [5, 5.41) is 12.9. The van der Waals surface area contributed by atoms with Crippen molar-refractivity contribution >= 4 is 41.9 Å². The van der Waals surface area contributed by atoms with Gasteiger partial charge in [0.15, 0.2) is 0 Å². The number of nitrogens with one attached hydrogen (secondary N) is 4. The van der Waals surface area contributed by atoms with Gasteiger partial charge in [-0.1, -0.05) is 12.7 Å². The SMILES string of the molecule is C=Cc1c(C)c2[nH]c1=Cc1[nH]c(c(C3CCN=N3)c1C)C=c1[nH]c(c(CCC(C)=O)c1C)=Cc1[nH]c(c(C)c1CCC(C)=O)C=2. The molecule has 4 aromatic rings. The summed E-state index contributed by atoms with van der Waals surface area (Å²) in [6.45, 7) is 16.6. The summed E-state index contributed by atoms with van der Waals surface area (Å²) < 4.78 is 0. The number of rotatable bonds is 8. The third-order valence-corrected chi connectivity index (χ3v) is 9.51. The molecule has 0 fully saturated rings. The number of ketones is 2. The van der Waals surface area contributed by atoms with E-state index in [4.69, 9.17) is 0 Å². The van der Waals surface area contributed by atoms with Crippen molar-refractivity contribution in [3.05, 3.63) is 95.3 Å². The summed E-state index contributed by atoms with van der Waals surface area (Å²) in [5.41, 5.74) is 12.9. The van der Waals surface area contributed by atoms with Crippen LogP contribution in [0.25, 0.3) is 30.4 Å². The first-order chi connectivity index (χ1) is 21.5. The largest absolute Gasteiger partial charge is 0.355 e. The fourth-order valence-corrected chi connectivity index (χ4v) is 6.83. The number of nitrogens with zero attached hydrogens (tertiary/aromatic N) is 2. The highest BCUT2D eigenvalue weighted by atomic mass is 16.1. The molecule has 4 aromatic heterocycles. The molecule has 8 heteroatoms. The van der Waals surface area contributed by atoms with Crippen LogP contribution in [-0.2, 0) is 22.4 Å². The zero-order chi connectivity index (χ0) is 32.0. The molecule has 8 nitrogen and oxygen atoms in total. The first kappa shape index (κ1) is 30.3. The maximum absolute atomic E-state index is 12.1. The van der Waals surface area contributed by atoms with Crippen molar-refractivity contribution in [1.29, 1.82) is 0 Å². The van der Waals surface area contributed by atoms with Crippen molar-refractivity contribution in [3.63, 3.8) is 0 Å². The lowest BCUT2D eigenvalue weighted by Gasteiger charge is -2.07. The summed E-state index contributed by atoms with van der Waals surface area (Å²) in [5.74, 6) is 0.322. The third-order valence-electron chi connectivity index (χ3n) is 9.51. The molecule has 0 aliphatic carbocycles. The smallest absolute Gasteiger partial charge is 0.130 e. The normalized spacial score (nSPS) is 15.3. The van der Waals surface area contributed by atoms with Gasteiger partial charge in [-0.05, 0) is 118 Å². The summed E-state index contributed by atoms with van der Waals surface area (Å²) in [4.78, 5) is 38.9. The first-order valence-corrected chi connectivity index (χ1v) is 15.8. The lowest BCUT2D eigenvalue weighted by atomic mass is 9.99. The Morgan fingerprint density at radius 1 is 0.733 bits per heavy atom. The Kier molecular flexibility index (Phi) is 8.08. The number of hydrogen-bond donors (Lipinski definition) is 4. The topological polar surface area (TPSA) is 122 Å². The maximum atomic E-state index is 12.1. The Bertz CT molecular complexity index is 2140. The Balaban J connectivity index is 1.72. The molecule has 4 N–H and O–H groups in total. The number of aromatic nitrogens is 4. The van der Waals surface area contributed by atoms with Crippen molar-refractivity contribution in [1.82, 2.24) is 19.9 Å². The molecule has 232 valence electrons. The van der Waals surface area contributed by atoms with Gasteiger partial charge in [-0.2, -0.15) is 10.2 Å². The monoisotopic (exact) mass is 602 g/mol. The van der Waals surface area contributed by atoms with Crippen LogP contribution in [0.15, 0.2) is 16.8 Å². The number of Topliss-reactive ketones (excluding diaryl/α,β-unsaturated/α-hetero) is 2. The van der Waals surface area contributed by atoms with Crippen molar-refractivity contribution < 1.29 is 9.59 Å². The van der Waals surface area contributed by atoms with E-state index in [1.165, 1.54) is 0 Å². The van der Waals surface area contributed by atoms with E-state index in [2.05, 4.69) is 88.7 Å². The van der Waals surface area contributed by atoms with Gasteiger partial charge >= 0.3 is 0 Å². The van der Waals surface area contributed by atoms with Crippen LogP contribution < -0.4 is 21.4 Å². The second-order valence-corrected chi connectivity index (χ2v) is 12.6. The molecular formula is C37H42N6O2. The van der Waals surface area contributed by atoms with Crippen LogP contribution in [0.1, 0.15) is 106 Å². The highest BCUT2D eigenvalue weighted by Crippen LogP contribution is 2.34. The number of H-pyrrole nitrogens is 4. The van der Waals surface area contributed by atoms with E-state index < -0.39 is 0 Å². The van der Waals surface area contributed by atoms with E-state index in [9.17, 15) is 9.59 Å². The summed E-state index contributed by atoms with van der Waals surface area (Å²) >= 11 is 0. The lowest BCUT2D eigenvalue weighted by molar-refractivity contribution is -0.117. The van der Waals surface area contributed by atoms with Crippen LogP contribution in [0.4, 0.5) is 0 Å². The van der Waals surface area contributed by atoms with Crippen molar-refractivity contribution in [2.75, 3.05) is 6.54 Å². The number of fused-ring (bicyclic) bond motifs is 8. The molecule has 0 saturated carbocycles. The average molecular weight is 603 g/mol. The van der Waals surface area contributed by atoms with Crippen LogP contribution in [0.5, 0.6) is 0 Å². The van der Waals surface area contributed by atoms with Gasteiger partial charge in [0.1, 0.15) is 11.6 Å². The van der Waals surface area contributed by atoms with E-state index >= 15 is 0 Å². The van der Waals surface area contributed by atoms with Gasteiger partial charge in [0.25, 0.3) is 0 Å². The molecule has 0 spiro atoms. The van der Waals surface area contributed by atoms with Crippen LogP contribution in [0.2, 0.25) is 0 Å². The van der Waals surface area contributed by atoms with Crippen molar-refractivity contribution in [2.45, 2.75) is 79.7 Å². The molecule has 0 amide bonds. The van der Waals surface area contributed by atoms with E-state index in [1.54, 1.807) is 13.8 Å². The Labute approximate surface area is 262 Å². The number of carbonyl (C=O) groups excluding carboxylic acids is 2. The third kappa shape index (κ3) is 5.65. The quantitative estimate of drug-likeness (QED) is 0.210. The van der Waals surface area contributed by atoms with Gasteiger partial charge in [0.2, 0.25) is 0 Å². The van der Waals surface area contributed by atoms with Gasteiger partial charge < -0.3 is 29.5 Å². The number of azo groups is 1. The van der Waals surface area contributed by atoms with Gasteiger partial charge in [-0.3, -0.25) is 0 Å². The van der Waals surface area contributed by atoms with Gasteiger partial charge in [-0.25, -0.2) is 0 Å². The minimum absolute atomic E-state index is 0.00722. The van der Waals surface area contributed by atoms with E-state index in [-0.39, 0.29) is 17.6 Å². The zero-order valence-corrected chi connectivity index (χ0v) is 27.1. The summed E-state index contributed by atoms with van der Waals surface area (Å²) in [6, 6.07) is -0.00722. The molecule has 0 radical (unpaired) electrons. The Morgan fingerprint density at radius 3 is 1.98 bits per heavy atom. The summed E-state index contributed by atoms with van der Waals surface area (Å²) in [6.07, 6.45) is 13.7. The summed E-state index contributed by atoms with van der Waals surface area (Å²) in [7, 11) is 0. The van der Waals surface area contributed by atoms with Crippen molar-refractivity contribution in [3.8, 4) is 0 Å². The minimum atomic E-state index is -0.00722. The Morgan fingerprint density at radius 2 is 1.31 bits per heavy atom. The lowest BCUT2D eigenvalue weighted by Crippen LogP contribution is -2.14. The van der Waals surface area contributed by atoms with Gasteiger partial charge in [-0.15, -0.1) is 0 Å². The number of carbonyl (C=O) groups is 2. The number of aromatic amines is 4. The van der Waals surface area contributed by atoms with Crippen LogP contribution >= 0.6 is 0 Å². The predicted octanol–water partition coefficient (Wildman–Crippen LogP) is 4.44. The highest BCUT2D eigenvalue weighted by Gasteiger charge is 2.24. The Hall–Kier alpha value is -4.72. The molecule has 1 atom stereocenters. The maximum Gasteiger partial charge on any atom is 0.130 e. The van der Waals surface area contributed by atoms with Gasteiger partial charge in [0.05, 0.1) is 12.6 Å². The molecule has 6 heterocycles. The highest BCUT2D eigenvalue weighted by molar-refractivity contribution is 5.77. The molecule has 0 aromatic carbocycles. The standard InChI is InChI=1S/C37H42N6O2/c1-8-25-21(4)29-15-30-22(5)26(11-9-19(2)44)34(40-30)18-35-27(12-10-20(3)45)23(6)31(41-35)17-36-37(28-13-14-38-43-28)24(7)32(42-36)16-33(25)39-29/h8,15-18,28,39-42H,1,9-14H2,2-7H3. The fourth-order valence-electron chi connectivity index (χ4n) is 6.83. The van der Waals surface area contributed by atoms with Gasteiger partial charge in [0, 0.05) is 68.1 Å². The zero-order valence-electron chi connectivity index (χ0n) is 27.1. The second-order valence-electron chi connectivity index (χ2n) is 12.6. The predicted molar refractivity (Wildman–Crippen MR) is 180 cm³/mol. The second kappa shape index (κ2) is 12.0. The first-order valence-electron chi connectivity index (χ1n) is 15.8. The molecule has 2 aliphatic rings. The fraction of sp³-hybridized carbons (Fsp3) is 0.351. The molecule has 45 heavy (non-hydrogen) atoms. The van der Waals surface area contributed by atoms with E-state index in [0.717, 1.165) is 102 Å². The molecule has 8 bridgehead atoms. The van der Waals surface area contributed by atoms with Crippen LogP contribution in [0, 0.1) is 27.7 Å². The van der Waals surface area contributed by atoms with Crippen molar-refractivity contribution in [2.24, 2.45) is 10.2 Å². The van der Waals surface area contributed by atoms with E-state index in [1.807, 2.05) is 6.08 Å². The molecule has 2 aliphatic heterocycles. The molecule has 0 saturated heterocycles. The number of hydrogen-bond acceptors (Lipinski definition) is 4. The molecular weight excluding hydrogens is 560 g/mol. The molecule has 6 rings (SSSR count). The minimum Gasteiger partial charge on any atom is -0.355 e. The van der Waals surface area contributed by atoms with Crippen LogP contribution in [0.3, 0.4) is 0 Å². The average Bonchev–Trinajstić information content (AvgIpc) is 3.78. The molecule has 1 unspecified atom stereocenters.